The summed E-state index contributed by atoms with van der Waals surface area (Å²) in [4.78, 5) is 51.5. The van der Waals surface area contributed by atoms with Gasteiger partial charge in [-0.2, -0.15) is 0 Å². The second-order valence-electron chi connectivity index (χ2n) is 9.20. The molecule has 0 aliphatic carbocycles. The number of aromatic nitrogens is 4. The Morgan fingerprint density at radius 2 is 1.30 bits per heavy atom. The van der Waals surface area contributed by atoms with Crippen LogP contribution < -0.4 is 14.9 Å². The van der Waals surface area contributed by atoms with E-state index in [9.17, 15) is 18.9 Å². The lowest BCUT2D eigenvalue weighted by Crippen LogP contribution is -2.12. The molecule has 0 atom stereocenters. The van der Waals surface area contributed by atoms with Gasteiger partial charge >= 0.3 is 17.1 Å². The third-order valence-electron chi connectivity index (χ3n) is 6.45. The molecule has 1 N–H and O–H groups in total. The van der Waals surface area contributed by atoms with Crippen LogP contribution in [0, 0.1) is 0 Å². The van der Waals surface area contributed by atoms with E-state index < -0.39 is 17.1 Å². The monoisotopic (exact) mass is 738 g/mol. The molecule has 0 spiro atoms. The molecule has 12 nitrogen and oxygen atoms in total. The lowest BCUT2D eigenvalue weighted by molar-refractivity contribution is 0.0586. The molecule has 0 amide bonds. The molecular formula is C30H23Cl4N4O8P. The molecule has 0 saturated heterocycles. The molecule has 0 aliphatic heterocycles. The van der Waals surface area contributed by atoms with Crippen LogP contribution in [0.15, 0.2) is 65.7 Å². The molecule has 6 rings (SSSR count). The van der Waals surface area contributed by atoms with Gasteiger partial charge in [-0.3, -0.25) is 19.3 Å². The lowest BCUT2D eigenvalue weighted by Gasteiger charge is -2.10. The molecular weight excluding hydrogens is 717 g/mol. The fourth-order valence-corrected chi connectivity index (χ4v) is 4.84. The summed E-state index contributed by atoms with van der Waals surface area (Å²) in [5.74, 6) is -0.144. The van der Waals surface area contributed by atoms with Crippen LogP contribution in [0.3, 0.4) is 0 Å². The SMILES string of the molecule is COC(=O)c1cc(=O)c2c(OC)cc3cccnc3c2[nH]1.COC(=O)c1cc(Cl)c2c(OC)cc3cccnc3c2n1.O=P(Cl)(Cl)Cl. The summed E-state index contributed by atoms with van der Waals surface area (Å²) in [6.45, 7) is 0. The van der Waals surface area contributed by atoms with Crippen molar-refractivity contribution >= 4 is 106 Å². The Morgan fingerprint density at radius 1 is 0.766 bits per heavy atom. The zero-order chi connectivity index (χ0) is 34.5. The van der Waals surface area contributed by atoms with Crippen molar-refractivity contribution in [3.63, 3.8) is 0 Å². The zero-order valence-corrected chi connectivity index (χ0v) is 28.8. The van der Waals surface area contributed by atoms with Gasteiger partial charge in [-0.1, -0.05) is 23.7 Å². The second-order valence-corrected chi connectivity index (χ2v) is 16.2. The number of pyridine rings is 4. The molecule has 0 radical (unpaired) electrons. The van der Waals surface area contributed by atoms with E-state index in [0.29, 0.717) is 49.4 Å². The highest BCUT2D eigenvalue weighted by Crippen LogP contribution is 2.61. The predicted molar refractivity (Wildman–Crippen MR) is 183 cm³/mol. The number of aromatic amines is 1. The first kappa shape index (κ1) is 35.7. The largest absolute Gasteiger partial charge is 0.496 e. The number of nitrogens with zero attached hydrogens (tertiary/aromatic N) is 3. The maximum Gasteiger partial charge on any atom is 0.356 e. The molecule has 0 fully saturated rings. The molecule has 4 aromatic heterocycles. The van der Waals surface area contributed by atoms with Crippen molar-refractivity contribution in [1.82, 2.24) is 19.9 Å². The fourth-order valence-electron chi connectivity index (χ4n) is 4.55. The van der Waals surface area contributed by atoms with E-state index in [-0.39, 0.29) is 16.8 Å². The summed E-state index contributed by atoms with van der Waals surface area (Å²) in [5.41, 5.74) is 2.10. The van der Waals surface area contributed by atoms with E-state index in [2.05, 4.69) is 58.4 Å². The highest BCUT2D eigenvalue weighted by atomic mass is 36.0. The van der Waals surface area contributed by atoms with Gasteiger partial charge in [0.05, 0.1) is 60.8 Å². The topological polar surface area (TPSA) is 160 Å². The third-order valence-corrected chi connectivity index (χ3v) is 6.75. The highest BCUT2D eigenvalue weighted by Gasteiger charge is 2.18. The van der Waals surface area contributed by atoms with Crippen LogP contribution in [0.5, 0.6) is 11.5 Å². The Morgan fingerprint density at radius 3 is 1.85 bits per heavy atom. The minimum Gasteiger partial charge on any atom is -0.496 e. The number of rotatable bonds is 4. The summed E-state index contributed by atoms with van der Waals surface area (Å²) in [6, 6.07) is 13.6. The first-order chi connectivity index (χ1) is 22.3. The van der Waals surface area contributed by atoms with E-state index in [4.69, 9.17) is 25.8 Å². The number of carbonyl (C=O) groups is 2. The van der Waals surface area contributed by atoms with E-state index in [1.54, 1.807) is 31.6 Å². The first-order valence-corrected chi connectivity index (χ1v) is 17.9. The molecule has 6 aromatic rings. The summed E-state index contributed by atoms with van der Waals surface area (Å²) in [6.07, 6.45) is 3.28. The fraction of sp³-hybridized carbons (Fsp3) is 0.133. The number of ether oxygens (including phenoxy) is 4. The molecule has 47 heavy (non-hydrogen) atoms. The van der Waals surface area contributed by atoms with Gasteiger partial charge in [-0.25, -0.2) is 14.6 Å². The number of fused-ring (bicyclic) bond motifs is 6. The van der Waals surface area contributed by atoms with Crippen LogP contribution >= 0.6 is 50.5 Å². The van der Waals surface area contributed by atoms with Crippen molar-refractivity contribution in [2.75, 3.05) is 28.4 Å². The van der Waals surface area contributed by atoms with Gasteiger partial charge in [-0.15, -0.1) is 0 Å². The number of methoxy groups -OCH3 is 4. The van der Waals surface area contributed by atoms with Crippen molar-refractivity contribution in [1.29, 1.82) is 0 Å². The van der Waals surface area contributed by atoms with Crippen molar-refractivity contribution < 1.29 is 33.1 Å². The van der Waals surface area contributed by atoms with E-state index in [0.717, 1.165) is 10.8 Å². The average molecular weight is 740 g/mol. The number of hydrogen-bond acceptors (Lipinski definition) is 11. The highest BCUT2D eigenvalue weighted by molar-refractivity contribution is 8.24. The third kappa shape index (κ3) is 8.22. The van der Waals surface area contributed by atoms with Crippen molar-refractivity contribution in [2.24, 2.45) is 0 Å². The average Bonchev–Trinajstić information content (AvgIpc) is 3.05. The maximum absolute atomic E-state index is 12.3. The quantitative estimate of drug-likeness (QED) is 0.106. The molecule has 0 saturated carbocycles. The maximum atomic E-state index is 12.3. The minimum absolute atomic E-state index is 0.0789. The Labute approximate surface area is 285 Å². The summed E-state index contributed by atoms with van der Waals surface area (Å²) in [5, 5.41) is -0.217. The Bertz CT molecular complexity index is 2250. The van der Waals surface area contributed by atoms with Gasteiger partial charge in [-0.05, 0) is 64.1 Å². The zero-order valence-electron chi connectivity index (χ0n) is 24.8. The number of carbonyl (C=O) groups excluding carboxylic acids is 2. The summed E-state index contributed by atoms with van der Waals surface area (Å²) < 4.78 is 29.5. The summed E-state index contributed by atoms with van der Waals surface area (Å²) in [7, 11) is 5.60. The molecule has 4 heterocycles. The molecule has 244 valence electrons. The van der Waals surface area contributed by atoms with Gasteiger partial charge in [0.15, 0.2) is 11.1 Å². The Kier molecular flexibility index (Phi) is 11.5. The van der Waals surface area contributed by atoms with Crippen molar-refractivity contribution in [2.45, 2.75) is 0 Å². The van der Waals surface area contributed by atoms with Gasteiger partial charge in [0.25, 0.3) is 0 Å². The van der Waals surface area contributed by atoms with Gasteiger partial charge in [0.1, 0.15) is 22.7 Å². The van der Waals surface area contributed by atoms with Crippen LogP contribution in [0.2, 0.25) is 5.02 Å². The van der Waals surface area contributed by atoms with Gasteiger partial charge < -0.3 is 23.9 Å². The molecule has 0 bridgehead atoms. The normalized spacial score (nSPS) is 10.9. The number of halogens is 4. The Hall–Kier alpha value is -4.19. The first-order valence-electron chi connectivity index (χ1n) is 13.1. The number of H-pyrrole nitrogens is 1. The second kappa shape index (κ2) is 15.1. The number of esters is 2. The smallest absolute Gasteiger partial charge is 0.356 e. The van der Waals surface area contributed by atoms with Crippen molar-refractivity contribution in [3.8, 4) is 11.5 Å². The number of benzene rings is 2. The van der Waals surface area contributed by atoms with Gasteiger partial charge in [0.2, 0.25) is 0 Å². The molecule has 17 heteroatoms. The van der Waals surface area contributed by atoms with Crippen molar-refractivity contribution in [3.05, 3.63) is 87.6 Å². The van der Waals surface area contributed by atoms with Gasteiger partial charge in [0, 0.05) is 29.2 Å². The van der Waals surface area contributed by atoms with E-state index >= 15 is 0 Å². The lowest BCUT2D eigenvalue weighted by atomic mass is 10.1. The minimum atomic E-state index is -3.22. The van der Waals surface area contributed by atoms with Crippen LogP contribution in [0.4, 0.5) is 0 Å². The molecule has 2 aromatic carbocycles. The van der Waals surface area contributed by atoms with Crippen LogP contribution in [0.1, 0.15) is 21.0 Å². The molecule has 0 aliphatic rings. The Balaban J connectivity index is 0.000000186. The van der Waals surface area contributed by atoms with Crippen LogP contribution in [0.25, 0.3) is 43.6 Å². The molecule has 0 unspecified atom stereocenters. The number of hydrogen-bond donors (Lipinski definition) is 1. The standard InChI is InChI=1S/C15H11ClN2O3.C15H12N2O4.Cl3OP/c1-20-11-6-8-4-3-5-17-13(8)14-12(11)9(16)7-10(18-14)15(19)21-2;1-20-11-6-8-4-3-5-16-13(8)14-12(11)10(18)7-9(17-14)15(19)21-2;1-5(2,3)4/h3-7H,1-2H3;3-7H,1-2H3,(H,17,18);. The predicted octanol–water partition coefficient (Wildman–Crippen LogP) is 7.91. The van der Waals surface area contributed by atoms with Crippen LogP contribution in [-0.4, -0.2) is 60.3 Å². The van der Waals surface area contributed by atoms with Crippen LogP contribution in [-0.2, 0) is 14.0 Å². The number of nitrogens with one attached hydrogen (secondary N) is 1. The van der Waals surface area contributed by atoms with E-state index in [1.165, 1.54) is 33.5 Å². The van der Waals surface area contributed by atoms with E-state index in [1.807, 2.05) is 24.3 Å². The summed E-state index contributed by atoms with van der Waals surface area (Å²) >= 11 is 20.1.